The summed E-state index contributed by atoms with van der Waals surface area (Å²) < 4.78 is 1.91. The first kappa shape index (κ1) is 17.5. The predicted molar refractivity (Wildman–Crippen MR) is 105 cm³/mol. The molecule has 6 nitrogen and oxygen atoms in total. The van der Waals surface area contributed by atoms with E-state index in [-0.39, 0.29) is 11.3 Å². The summed E-state index contributed by atoms with van der Waals surface area (Å²) in [5.74, 6) is 1.12. The fourth-order valence-corrected chi connectivity index (χ4v) is 4.16. The van der Waals surface area contributed by atoms with Gasteiger partial charge in [-0.05, 0) is 72.5 Å². The lowest BCUT2D eigenvalue weighted by atomic mass is 9.80. The molecule has 3 aromatic rings. The highest BCUT2D eigenvalue weighted by molar-refractivity contribution is 5.51. The summed E-state index contributed by atoms with van der Waals surface area (Å²) in [6, 6.07) is 13.4. The highest BCUT2D eigenvalue weighted by atomic mass is 16.3. The van der Waals surface area contributed by atoms with Crippen molar-refractivity contribution >= 4 is 5.69 Å². The van der Waals surface area contributed by atoms with Crippen LogP contribution in [0.25, 0.3) is 5.69 Å². The topological polar surface area (TPSA) is 75.9 Å². The fraction of sp³-hybridized carbons (Fsp3) is 0.381. The van der Waals surface area contributed by atoms with Gasteiger partial charge in [0.2, 0.25) is 0 Å². The van der Waals surface area contributed by atoms with Crippen molar-refractivity contribution in [3.8, 4) is 11.4 Å². The van der Waals surface area contributed by atoms with Crippen molar-refractivity contribution in [2.75, 3.05) is 5.32 Å². The summed E-state index contributed by atoms with van der Waals surface area (Å²) in [6.07, 6.45) is 5.43. The van der Waals surface area contributed by atoms with E-state index in [0.717, 1.165) is 54.0 Å². The number of anilines is 1. The molecule has 1 aliphatic carbocycles. The van der Waals surface area contributed by atoms with Gasteiger partial charge in [-0.2, -0.15) is 4.68 Å². The summed E-state index contributed by atoms with van der Waals surface area (Å²) in [5, 5.41) is 26.2. The second-order valence-corrected chi connectivity index (χ2v) is 7.47. The van der Waals surface area contributed by atoms with Gasteiger partial charge in [-0.25, -0.2) is 0 Å². The van der Waals surface area contributed by atoms with Crippen LogP contribution in [0.1, 0.15) is 49.1 Å². The molecule has 2 N–H and O–H groups in total. The van der Waals surface area contributed by atoms with Gasteiger partial charge in [0.05, 0.1) is 11.2 Å². The van der Waals surface area contributed by atoms with E-state index in [1.54, 1.807) is 12.1 Å². The molecule has 1 heterocycles. The van der Waals surface area contributed by atoms with Crippen molar-refractivity contribution in [2.45, 2.75) is 51.5 Å². The van der Waals surface area contributed by atoms with Gasteiger partial charge in [-0.15, -0.1) is 5.10 Å². The molecule has 1 aliphatic rings. The van der Waals surface area contributed by atoms with Crippen molar-refractivity contribution in [1.29, 1.82) is 0 Å². The average Bonchev–Trinajstić information content (AvgIpc) is 3.14. The smallest absolute Gasteiger partial charge is 0.181 e. The second-order valence-electron chi connectivity index (χ2n) is 7.47. The number of benzene rings is 2. The van der Waals surface area contributed by atoms with Gasteiger partial charge >= 0.3 is 0 Å². The molecule has 1 aromatic heterocycles. The number of phenols is 1. The normalized spacial score (nSPS) is 16.2. The van der Waals surface area contributed by atoms with E-state index in [9.17, 15) is 5.11 Å². The van der Waals surface area contributed by atoms with Crippen LogP contribution in [-0.2, 0) is 5.54 Å². The molecule has 0 saturated heterocycles. The van der Waals surface area contributed by atoms with Crippen LogP contribution in [0.15, 0.2) is 42.5 Å². The van der Waals surface area contributed by atoms with Crippen molar-refractivity contribution in [3.05, 3.63) is 59.4 Å². The molecule has 1 saturated carbocycles. The van der Waals surface area contributed by atoms with Crippen LogP contribution >= 0.6 is 0 Å². The van der Waals surface area contributed by atoms with E-state index >= 15 is 0 Å². The Morgan fingerprint density at radius 2 is 1.63 bits per heavy atom. The van der Waals surface area contributed by atoms with Crippen LogP contribution in [0.2, 0.25) is 0 Å². The Hall–Kier alpha value is -2.89. The molecule has 0 bridgehead atoms. The van der Waals surface area contributed by atoms with Gasteiger partial charge in [0.25, 0.3) is 0 Å². The van der Waals surface area contributed by atoms with Crippen LogP contribution in [-0.4, -0.2) is 25.3 Å². The third kappa shape index (κ3) is 3.27. The molecular formula is C21H25N5O. The Bertz CT molecular complexity index is 906. The van der Waals surface area contributed by atoms with Crippen LogP contribution in [0.4, 0.5) is 5.69 Å². The van der Waals surface area contributed by atoms with E-state index < -0.39 is 0 Å². The number of aromatic hydroxyl groups is 1. The summed E-state index contributed by atoms with van der Waals surface area (Å²) >= 11 is 0. The van der Waals surface area contributed by atoms with Crippen LogP contribution < -0.4 is 5.32 Å². The van der Waals surface area contributed by atoms with Crippen LogP contribution in [0, 0.1) is 13.8 Å². The molecule has 1 fully saturated rings. The zero-order valence-corrected chi connectivity index (χ0v) is 15.8. The van der Waals surface area contributed by atoms with Crippen molar-refractivity contribution in [3.63, 3.8) is 0 Å². The molecule has 6 heteroatoms. The maximum absolute atomic E-state index is 9.60. The molecule has 0 aliphatic heterocycles. The maximum Gasteiger partial charge on any atom is 0.181 e. The van der Waals surface area contributed by atoms with E-state index in [1.165, 1.54) is 6.42 Å². The third-order valence-electron chi connectivity index (χ3n) is 5.51. The lowest BCUT2D eigenvalue weighted by Gasteiger charge is -2.38. The SMILES string of the molecule is Cc1cccc(C)c1-n1nnnc1C1(Nc2ccc(O)cc2)CCCCC1. The number of nitrogens with zero attached hydrogens (tertiary/aromatic N) is 4. The highest BCUT2D eigenvalue weighted by Crippen LogP contribution is 2.40. The number of hydrogen-bond donors (Lipinski definition) is 2. The molecular weight excluding hydrogens is 338 g/mol. The molecule has 0 spiro atoms. The first-order chi connectivity index (χ1) is 13.1. The molecule has 0 radical (unpaired) electrons. The summed E-state index contributed by atoms with van der Waals surface area (Å²) in [5.41, 5.74) is 3.99. The summed E-state index contributed by atoms with van der Waals surface area (Å²) in [4.78, 5) is 0. The molecule has 4 rings (SSSR count). The third-order valence-corrected chi connectivity index (χ3v) is 5.51. The molecule has 0 amide bonds. The summed E-state index contributed by atoms with van der Waals surface area (Å²) in [7, 11) is 0. The van der Waals surface area contributed by atoms with Crippen LogP contribution in [0.5, 0.6) is 5.75 Å². The number of hydrogen-bond acceptors (Lipinski definition) is 5. The largest absolute Gasteiger partial charge is 0.508 e. The average molecular weight is 363 g/mol. The van der Waals surface area contributed by atoms with Gasteiger partial charge in [0.1, 0.15) is 5.75 Å². The Morgan fingerprint density at radius 3 is 2.30 bits per heavy atom. The van der Waals surface area contributed by atoms with Crippen LogP contribution in [0.3, 0.4) is 0 Å². The Balaban J connectivity index is 1.81. The quantitative estimate of drug-likeness (QED) is 0.678. The highest BCUT2D eigenvalue weighted by Gasteiger charge is 2.39. The Kier molecular flexibility index (Phi) is 4.56. The zero-order valence-electron chi connectivity index (χ0n) is 15.8. The minimum atomic E-state index is -0.326. The molecule has 140 valence electrons. The van der Waals surface area contributed by atoms with E-state index in [0.29, 0.717) is 0 Å². The number of aromatic nitrogens is 4. The zero-order chi connectivity index (χ0) is 18.9. The first-order valence-corrected chi connectivity index (χ1v) is 9.52. The monoisotopic (exact) mass is 363 g/mol. The van der Waals surface area contributed by atoms with Gasteiger partial charge < -0.3 is 10.4 Å². The number of nitrogens with one attached hydrogen (secondary N) is 1. The first-order valence-electron chi connectivity index (χ1n) is 9.52. The number of rotatable bonds is 4. The second kappa shape index (κ2) is 7.02. The van der Waals surface area contributed by atoms with Gasteiger partial charge in [-0.1, -0.05) is 37.5 Å². The maximum atomic E-state index is 9.60. The van der Waals surface area contributed by atoms with Gasteiger partial charge in [0.15, 0.2) is 5.82 Å². The minimum Gasteiger partial charge on any atom is -0.508 e. The minimum absolute atomic E-state index is 0.263. The van der Waals surface area contributed by atoms with Crippen molar-refractivity contribution < 1.29 is 5.11 Å². The molecule has 2 aromatic carbocycles. The van der Waals surface area contributed by atoms with Crippen molar-refractivity contribution in [2.24, 2.45) is 0 Å². The van der Waals surface area contributed by atoms with E-state index in [4.69, 9.17) is 0 Å². The lowest BCUT2D eigenvalue weighted by Crippen LogP contribution is -2.40. The van der Waals surface area contributed by atoms with Crippen molar-refractivity contribution in [1.82, 2.24) is 20.2 Å². The number of phenolic OH excluding ortho intramolecular Hbond substituents is 1. The van der Waals surface area contributed by atoms with Gasteiger partial charge in [0, 0.05) is 5.69 Å². The molecule has 27 heavy (non-hydrogen) atoms. The molecule has 0 unspecified atom stereocenters. The molecule has 0 atom stereocenters. The lowest BCUT2D eigenvalue weighted by molar-refractivity contribution is 0.309. The Labute approximate surface area is 159 Å². The number of aryl methyl sites for hydroxylation is 2. The summed E-state index contributed by atoms with van der Waals surface area (Å²) in [6.45, 7) is 4.18. The number of para-hydroxylation sites is 1. The van der Waals surface area contributed by atoms with E-state index in [1.807, 2.05) is 16.8 Å². The number of tetrazole rings is 1. The van der Waals surface area contributed by atoms with Gasteiger partial charge in [-0.3, -0.25) is 0 Å². The predicted octanol–water partition coefficient (Wildman–Crippen LogP) is 4.26. The van der Waals surface area contributed by atoms with E-state index in [2.05, 4.69) is 52.9 Å². The Morgan fingerprint density at radius 1 is 0.963 bits per heavy atom. The fourth-order valence-electron chi connectivity index (χ4n) is 4.16. The standard InChI is InChI=1S/C21H25N5O/c1-15-7-6-8-16(2)19(15)26-20(23-24-25-26)21(13-4-3-5-14-21)22-17-9-11-18(27)12-10-17/h6-12,22,27H,3-5,13-14H2,1-2H3.